The molecule has 0 aliphatic heterocycles. The van der Waals surface area contributed by atoms with Crippen LogP contribution in [0.2, 0.25) is 0 Å². The fourth-order valence-electron chi connectivity index (χ4n) is 2.05. The minimum atomic E-state index is -3.20. The van der Waals surface area contributed by atoms with Crippen molar-refractivity contribution in [3.63, 3.8) is 0 Å². The first-order valence-corrected chi connectivity index (χ1v) is 6.89. The number of amides is 1. The number of aromatic nitrogens is 2. The molecule has 0 radical (unpaired) electrons. The van der Waals surface area contributed by atoms with E-state index in [-0.39, 0.29) is 17.9 Å². The number of hydrogen-bond donors (Lipinski definition) is 1. The van der Waals surface area contributed by atoms with Crippen LogP contribution >= 0.6 is 0 Å². The van der Waals surface area contributed by atoms with Crippen LogP contribution in [0.5, 0.6) is 11.5 Å². The molecular weight excluding hydrogens is 342 g/mol. The lowest BCUT2D eigenvalue weighted by Gasteiger charge is -2.12. The van der Waals surface area contributed by atoms with E-state index in [4.69, 9.17) is 4.74 Å². The Balaban J connectivity index is 2.32. The van der Waals surface area contributed by atoms with E-state index in [0.717, 1.165) is 19.2 Å². The molecule has 2 rings (SSSR count). The number of carbonyl (C=O) groups is 1. The fourth-order valence-corrected chi connectivity index (χ4v) is 2.05. The van der Waals surface area contributed by atoms with Crippen molar-refractivity contribution >= 4 is 11.6 Å². The van der Waals surface area contributed by atoms with Crippen LogP contribution < -0.4 is 14.8 Å². The minimum absolute atomic E-state index is 0.0249. The lowest BCUT2D eigenvalue weighted by molar-refractivity contribution is -0.385. The monoisotopic (exact) mass is 356 g/mol. The maximum Gasteiger partial charge on any atom is 0.387 e. The van der Waals surface area contributed by atoms with Gasteiger partial charge >= 0.3 is 6.61 Å². The number of rotatable bonds is 7. The van der Waals surface area contributed by atoms with E-state index >= 15 is 0 Å². The van der Waals surface area contributed by atoms with E-state index in [0.29, 0.717) is 5.82 Å². The predicted octanol–water partition coefficient (Wildman–Crippen LogP) is 1.87. The largest absolute Gasteiger partial charge is 0.493 e. The Bertz CT molecular complexity index is 794. The highest BCUT2D eigenvalue weighted by Crippen LogP contribution is 2.35. The molecule has 0 atom stereocenters. The second-order valence-electron chi connectivity index (χ2n) is 4.79. The molecule has 0 aliphatic rings. The molecule has 1 aromatic carbocycles. The molecule has 1 aromatic heterocycles. The summed E-state index contributed by atoms with van der Waals surface area (Å²) in [5.74, 6) is -1.02. The van der Waals surface area contributed by atoms with Gasteiger partial charge in [0.25, 0.3) is 11.6 Å². The Morgan fingerprint density at radius 1 is 1.44 bits per heavy atom. The van der Waals surface area contributed by atoms with Crippen molar-refractivity contribution in [1.29, 1.82) is 0 Å². The SMILES string of the molecule is COc1cc(C(=O)NCc2nccn2C)c([N+](=O)[O-])cc1OC(F)F. The molecule has 0 saturated carbocycles. The quantitative estimate of drug-likeness (QED) is 0.599. The van der Waals surface area contributed by atoms with Crippen LogP contribution in [-0.2, 0) is 13.6 Å². The van der Waals surface area contributed by atoms with Gasteiger partial charge in [-0.25, -0.2) is 4.98 Å². The lowest BCUT2D eigenvalue weighted by Crippen LogP contribution is -2.25. The van der Waals surface area contributed by atoms with Crippen molar-refractivity contribution in [3.8, 4) is 11.5 Å². The summed E-state index contributed by atoms with van der Waals surface area (Å²) in [4.78, 5) is 26.6. The minimum Gasteiger partial charge on any atom is -0.493 e. The molecule has 1 N–H and O–H groups in total. The van der Waals surface area contributed by atoms with Crippen LogP contribution in [0.4, 0.5) is 14.5 Å². The first kappa shape index (κ1) is 18.1. The number of ether oxygens (including phenoxy) is 2. The Labute approximate surface area is 140 Å². The third kappa shape index (κ3) is 4.19. The number of halogens is 2. The van der Waals surface area contributed by atoms with Gasteiger partial charge in [0, 0.05) is 25.5 Å². The molecule has 134 valence electrons. The molecule has 25 heavy (non-hydrogen) atoms. The van der Waals surface area contributed by atoms with Crippen LogP contribution in [0.25, 0.3) is 0 Å². The maximum atomic E-state index is 12.4. The van der Waals surface area contributed by atoms with E-state index in [1.54, 1.807) is 17.8 Å². The molecule has 0 fully saturated rings. The standard InChI is InChI=1S/C14H14F2N4O5/c1-19-4-3-17-12(19)7-18-13(21)8-5-10(24-2)11(25-14(15)16)6-9(8)20(22)23/h3-6,14H,7H2,1-2H3,(H,18,21). The molecule has 0 aliphatic carbocycles. The van der Waals surface area contributed by atoms with Crippen LogP contribution in [0.15, 0.2) is 24.5 Å². The normalized spacial score (nSPS) is 10.6. The van der Waals surface area contributed by atoms with Crippen molar-refractivity contribution in [2.24, 2.45) is 7.05 Å². The first-order valence-electron chi connectivity index (χ1n) is 6.89. The number of methoxy groups -OCH3 is 1. The topological polar surface area (TPSA) is 109 Å². The predicted molar refractivity (Wildman–Crippen MR) is 80.7 cm³/mol. The van der Waals surface area contributed by atoms with Crippen molar-refractivity contribution in [3.05, 3.63) is 46.0 Å². The number of imidazole rings is 1. The summed E-state index contributed by atoms with van der Waals surface area (Å²) in [6.07, 6.45) is 3.20. The number of nitrogens with one attached hydrogen (secondary N) is 1. The summed E-state index contributed by atoms with van der Waals surface area (Å²) in [6.45, 7) is -3.17. The molecule has 0 saturated heterocycles. The fraction of sp³-hybridized carbons (Fsp3) is 0.286. The molecule has 0 spiro atoms. The number of nitro groups is 1. The van der Waals surface area contributed by atoms with Crippen molar-refractivity contribution in [1.82, 2.24) is 14.9 Å². The van der Waals surface area contributed by atoms with Gasteiger partial charge in [-0.2, -0.15) is 8.78 Å². The molecule has 0 bridgehead atoms. The van der Waals surface area contributed by atoms with Crippen molar-refractivity contribution in [2.75, 3.05) is 7.11 Å². The summed E-state index contributed by atoms with van der Waals surface area (Å²) in [5.41, 5.74) is -1.04. The molecule has 9 nitrogen and oxygen atoms in total. The molecule has 0 unspecified atom stereocenters. The second-order valence-corrected chi connectivity index (χ2v) is 4.79. The number of carbonyl (C=O) groups excluding carboxylic acids is 1. The molecule has 11 heteroatoms. The highest BCUT2D eigenvalue weighted by atomic mass is 19.3. The van der Waals surface area contributed by atoms with Gasteiger partial charge in [0.2, 0.25) is 0 Å². The van der Waals surface area contributed by atoms with Crippen LogP contribution in [0, 0.1) is 10.1 Å². The van der Waals surface area contributed by atoms with E-state index in [1.807, 2.05) is 0 Å². The maximum absolute atomic E-state index is 12.4. The van der Waals surface area contributed by atoms with E-state index in [2.05, 4.69) is 15.0 Å². The average molecular weight is 356 g/mol. The Morgan fingerprint density at radius 3 is 2.68 bits per heavy atom. The first-order chi connectivity index (χ1) is 11.8. The van der Waals surface area contributed by atoms with Crippen LogP contribution in [0.1, 0.15) is 16.2 Å². The summed E-state index contributed by atoms with van der Waals surface area (Å²) < 4.78 is 35.5. The molecule has 1 amide bonds. The van der Waals surface area contributed by atoms with Gasteiger partial charge < -0.3 is 19.4 Å². The Hall–Kier alpha value is -3.24. The number of hydrogen-bond acceptors (Lipinski definition) is 6. The van der Waals surface area contributed by atoms with Crippen molar-refractivity contribution < 1.29 is 28.0 Å². The highest BCUT2D eigenvalue weighted by Gasteiger charge is 2.26. The Kier molecular flexibility index (Phi) is 5.47. The summed E-state index contributed by atoms with van der Waals surface area (Å²) >= 11 is 0. The van der Waals surface area contributed by atoms with Gasteiger partial charge in [0.15, 0.2) is 11.5 Å². The summed E-state index contributed by atoms with van der Waals surface area (Å²) in [7, 11) is 2.88. The van der Waals surface area contributed by atoms with Crippen LogP contribution in [-0.4, -0.2) is 34.1 Å². The van der Waals surface area contributed by atoms with Crippen LogP contribution in [0.3, 0.4) is 0 Å². The number of nitrogens with zero attached hydrogens (tertiary/aromatic N) is 3. The molecular formula is C14H14F2N4O5. The zero-order valence-electron chi connectivity index (χ0n) is 13.2. The van der Waals surface area contributed by atoms with Gasteiger partial charge in [-0.3, -0.25) is 14.9 Å². The van der Waals surface area contributed by atoms with Crippen molar-refractivity contribution in [2.45, 2.75) is 13.2 Å². The van der Waals surface area contributed by atoms with Gasteiger partial charge in [0.05, 0.1) is 24.6 Å². The van der Waals surface area contributed by atoms with Gasteiger partial charge in [0.1, 0.15) is 11.4 Å². The number of nitro benzene ring substituents is 1. The van der Waals surface area contributed by atoms with Gasteiger partial charge in [-0.05, 0) is 0 Å². The third-order valence-corrected chi connectivity index (χ3v) is 3.27. The number of aryl methyl sites for hydroxylation is 1. The summed E-state index contributed by atoms with van der Waals surface area (Å²) in [5, 5.41) is 13.7. The number of alkyl halides is 2. The van der Waals surface area contributed by atoms with Gasteiger partial charge in [-0.1, -0.05) is 0 Å². The zero-order chi connectivity index (χ0) is 18.6. The summed E-state index contributed by atoms with van der Waals surface area (Å²) in [6, 6.07) is 1.70. The average Bonchev–Trinajstić information content (AvgIpc) is 2.96. The van der Waals surface area contributed by atoms with Gasteiger partial charge in [-0.15, -0.1) is 0 Å². The highest BCUT2D eigenvalue weighted by molar-refractivity contribution is 5.99. The van der Waals surface area contributed by atoms with E-state index in [9.17, 15) is 23.7 Å². The molecule has 1 heterocycles. The zero-order valence-corrected chi connectivity index (χ0v) is 13.2. The Morgan fingerprint density at radius 2 is 2.16 bits per heavy atom. The second kappa shape index (κ2) is 7.55. The third-order valence-electron chi connectivity index (χ3n) is 3.27. The smallest absolute Gasteiger partial charge is 0.387 e. The van der Waals surface area contributed by atoms with E-state index in [1.165, 1.54) is 6.20 Å². The number of benzene rings is 1. The van der Waals surface area contributed by atoms with E-state index < -0.39 is 28.9 Å². The lowest BCUT2D eigenvalue weighted by atomic mass is 10.1. The molecule has 2 aromatic rings.